The van der Waals surface area contributed by atoms with Gasteiger partial charge in [0.05, 0.1) is 6.04 Å². The second kappa shape index (κ2) is 9.01. The molecule has 26 heavy (non-hydrogen) atoms. The minimum atomic E-state index is -0.458. The van der Waals surface area contributed by atoms with E-state index < -0.39 is 6.04 Å². The molecule has 1 aromatic carbocycles. The van der Waals surface area contributed by atoms with E-state index in [1.807, 2.05) is 30.3 Å². The molecule has 1 unspecified atom stereocenters. The summed E-state index contributed by atoms with van der Waals surface area (Å²) in [5.74, 6) is 0.888. The van der Waals surface area contributed by atoms with E-state index in [9.17, 15) is 9.59 Å². The molecule has 3 rings (SSSR count). The fraction of sp³-hybridized carbons (Fsp3) is 0.400. The first-order chi connectivity index (χ1) is 12.0. The number of pyridine rings is 1. The highest BCUT2D eigenvalue weighted by atomic mass is 35.5. The molecule has 1 aromatic heterocycles. The van der Waals surface area contributed by atoms with E-state index in [-0.39, 0.29) is 29.8 Å². The molecule has 4 N–H and O–H groups in total. The lowest BCUT2D eigenvalue weighted by atomic mass is 9.79. The second-order valence-electron chi connectivity index (χ2n) is 7.05. The van der Waals surface area contributed by atoms with Gasteiger partial charge in [-0.2, -0.15) is 0 Å². The van der Waals surface area contributed by atoms with Crippen LogP contribution < -0.4 is 16.6 Å². The summed E-state index contributed by atoms with van der Waals surface area (Å²) in [7, 11) is 0. The molecular weight excluding hydrogens is 350 g/mol. The number of hydrogen-bond donors (Lipinski definition) is 3. The van der Waals surface area contributed by atoms with Crippen LogP contribution in [0.5, 0.6) is 0 Å². The third kappa shape index (κ3) is 4.96. The molecule has 0 radical (unpaired) electrons. The van der Waals surface area contributed by atoms with Crippen LogP contribution in [-0.2, 0) is 4.79 Å². The van der Waals surface area contributed by atoms with Crippen LogP contribution in [0.2, 0.25) is 0 Å². The number of carbonyl (C=O) groups is 1. The Morgan fingerprint density at radius 2 is 1.77 bits per heavy atom. The number of anilines is 1. The summed E-state index contributed by atoms with van der Waals surface area (Å²) in [5.41, 5.74) is 8.52. The Labute approximate surface area is 159 Å². The lowest BCUT2D eigenvalue weighted by Crippen LogP contribution is -2.43. The maximum absolute atomic E-state index is 12.4. The predicted octanol–water partition coefficient (Wildman–Crippen LogP) is 3.56. The SMILES string of the molecule is CC1CCC(C(N)C(=O)Nc2ccc(-c3cc[nH]c(=O)c3)cc2)CC1.Cl. The first kappa shape index (κ1) is 20.2. The van der Waals surface area contributed by atoms with Gasteiger partial charge in [-0.1, -0.05) is 31.9 Å². The molecule has 6 heteroatoms. The molecule has 1 aliphatic carbocycles. The van der Waals surface area contributed by atoms with Gasteiger partial charge in [0, 0.05) is 18.0 Å². The Balaban J connectivity index is 0.00000243. The number of amides is 1. The summed E-state index contributed by atoms with van der Waals surface area (Å²) in [5, 5.41) is 2.91. The summed E-state index contributed by atoms with van der Waals surface area (Å²) < 4.78 is 0. The van der Waals surface area contributed by atoms with Crippen LogP contribution in [-0.4, -0.2) is 16.9 Å². The van der Waals surface area contributed by atoms with Gasteiger partial charge in [0.25, 0.3) is 0 Å². The Bertz CT molecular complexity index is 780. The summed E-state index contributed by atoms with van der Waals surface area (Å²) in [6.07, 6.45) is 5.97. The molecule has 1 saturated carbocycles. The van der Waals surface area contributed by atoms with Gasteiger partial charge in [-0.15, -0.1) is 12.4 Å². The lowest BCUT2D eigenvalue weighted by molar-refractivity contribution is -0.118. The van der Waals surface area contributed by atoms with Gasteiger partial charge >= 0.3 is 0 Å². The van der Waals surface area contributed by atoms with E-state index >= 15 is 0 Å². The van der Waals surface area contributed by atoms with Crippen LogP contribution in [0.4, 0.5) is 5.69 Å². The zero-order valence-electron chi connectivity index (χ0n) is 14.9. The predicted molar refractivity (Wildman–Crippen MR) is 107 cm³/mol. The quantitative estimate of drug-likeness (QED) is 0.763. The Morgan fingerprint density at radius 1 is 1.12 bits per heavy atom. The second-order valence-corrected chi connectivity index (χ2v) is 7.05. The molecule has 1 heterocycles. The van der Waals surface area contributed by atoms with E-state index in [0.29, 0.717) is 0 Å². The minimum Gasteiger partial charge on any atom is -0.329 e. The summed E-state index contributed by atoms with van der Waals surface area (Å²) in [4.78, 5) is 26.4. The van der Waals surface area contributed by atoms with Gasteiger partial charge in [0.15, 0.2) is 0 Å². The number of rotatable bonds is 4. The first-order valence-corrected chi connectivity index (χ1v) is 8.88. The Kier molecular flexibility index (Phi) is 7.00. The maximum atomic E-state index is 12.4. The Hall–Kier alpha value is -2.11. The van der Waals surface area contributed by atoms with Gasteiger partial charge in [0.2, 0.25) is 11.5 Å². The van der Waals surface area contributed by atoms with Gasteiger partial charge in [0.1, 0.15) is 0 Å². The normalized spacial score (nSPS) is 20.7. The molecule has 1 amide bonds. The van der Waals surface area contributed by atoms with Gasteiger partial charge < -0.3 is 16.0 Å². The number of aromatic amines is 1. The highest BCUT2D eigenvalue weighted by Gasteiger charge is 2.28. The van der Waals surface area contributed by atoms with Crippen LogP contribution in [0, 0.1) is 11.8 Å². The summed E-state index contributed by atoms with van der Waals surface area (Å²) >= 11 is 0. The molecule has 140 valence electrons. The van der Waals surface area contributed by atoms with E-state index in [0.717, 1.165) is 48.4 Å². The monoisotopic (exact) mass is 375 g/mol. The van der Waals surface area contributed by atoms with Crippen molar-refractivity contribution in [3.05, 3.63) is 52.9 Å². The number of carbonyl (C=O) groups excluding carboxylic acids is 1. The molecular formula is C20H26ClN3O2. The molecule has 0 bridgehead atoms. The van der Waals surface area contributed by atoms with Crippen molar-refractivity contribution in [1.29, 1.82) is 0 Å². The fourth-order valence-electron chi connectivity index (χ4n) is 3.45. The summed E-state index contributed by atoms with van der Waals surface area (Å²) in [6, 6.07) is 10.4. The average molecular weight is 376 g/mol. The number of benzene rings is 1. The van der Waals surface area contributed by atoms with Crippen molar-refractivity contribution in [2.75, 3.05) is 5.32 Å². The highest BCUT2D eigenvalue weighted by Crippen LogP contribution is 2.30. The highest BCUT2D eigenvalue weighted by molar-refractivity contribution is 5.95. The van der Waals surface area contributed by atoms with Gasteiger partial charge in [-0.05, 0) is 54.0 Å². The van der Waals surface area contributed by atoms with Gasteiger partial charge in [-0.25, -0.2) is 0 Å². The zero-order valence-corrected chi connectivity index (χ0v) is 15.7. The average Bonchev–Trinajstić information content (AvgIpc) is 2.62. The maximum Gasteiger partial charge on any atom is 0.248 e. The van der Waals surface area contributed by atoms with Crippen LogP contribution in [0.3, 0.4) is 0 Å². The molecule has 0 saturated heterocycles. The van der Waals surface area contributed by atoms with Crippen molar-refractivity contribution in [3.8, 4) is 11.1 Å². The molecule has 0 spiro atoms. The largest absolute Gasteiger partial charge is 0.329 e. The van der Waals surface area contributed by atoms with E-state index in [1.54, 1.807) is 12.3 Å². The van der Waals surface area contributed by atoms with Crippen molar-refractivity contribution in [1.82, 2.24) is 4.98 Å². The van der Waals surface area contributed by atoms with Crippen molar-refractivity contribution in [2.45, 2.75) is 38.6 Å². The van der Waals surface area contributed by atoms with E-state index in [2.05, 4.69) is 17.2 Å². The Morgan fingerprint density at radius 3 is 2.38 bits per heavy atom. The van der Waals surface area contributed by atoms with Crippen molar-refractivity contribution < 1.29 is 4.79 Å². The van der Waals surface area contributed by atoms with Crippen LogP contribution in [0.15, 0.2) is 47.4 Å². The summed E-state index contributed by atoms with van der Waals surface area (Å²) in [6.45, 7) is 2.25. The molecule has 2 aromatic rings. The van der Waals surface area contributed by atoms with Crippen LogP contribution in [0.25, 0.3) is 11.1 Å². The van der Waals surface area contributed by atoms with Gasteiger partial charge in [-0.3, -0.25) is 9.59 Å². The van der Waals surface area contributed by atoms with Crippen LogP contribution in [0.1, 0.15) is 32.6 Å². The van der Waals surface area contributed by atoms with E-state index in [4.69, 9.17) is 5.73 Å². The fourth-order valence-corrected chi connectivity index (χ4v) is 3.45. The molecule has 1 atom stereocenters. The lowest BCUT2D eigenvalue weighted by Gasteiger charge is -2.29. The zero-order chi connectivity index (χ0) is 17.8. The van der Waals surface area contributed by atoms with Crippen LogP contribution >= 0.6 is 12.4 Å². The number of hydrogen-bond acceptors (Lipinski definition) is 3. The molecule has 5 nitrogen and oxygen atoms in total. The third-order valence-electron chi connectivity index (χ3n) is 5.13. The molecule has 1 aliphatic rings. The smallest absolute Gasteiger partial charge is 0.248 e. The van der Waals surface area contributed by atoms with Crippen molar-refractivity contribution in [3.63, 3.8) is 0 Å². The number of halogens is 1. The first-order valence-electron chi connectivity index (χ1n) is 8.88. The molecule has 1 fully saturated rings. The standard InChI is InChI=1S/C20H25N3O2.ClH/c1-13-2-4-15(5-3-13)19(21)20(25)23-17-8-6-14(7-9-17)16-10-11-22-18(24)12-16;/h6-13,15,19H,2-5,21H2,1H3,(H,22,24)(H,23,25);1H. The number of H-pyrrole nitrogens is 1. The van der Waals surface area contributed by atoms with E-state index in [1.165, 1.54) is 0 Å². The minimum absolute atomic E-state index is 0. The van der Waals surface area contributed by atoms with Crippen molar-refractivity contribution in [2.24, 2.45) is 17.6 Å². The topological polar surface area (TPSA) is 88.0 Å². The number of nitrogens with one attached hydrogen (secondary N) is 2. The molecule has 0 aliphatic heterocycles. The number of nitrogens with two attached hydrogens (primary N) is 1. The van der Waals surface area contributed by atoms with Crippen molar-refractivity contribution >= 4 is 24.0 Å². The number of aromatic nitrogens is 1. The third-order valence-corrected chi connectivity index (χ3v) is 5.13.